The van der Waals surface area contributed by atoms with Crippen LogP contribution in [0.15, 0.2) is 24.5 Å². The molecule has 0 aliphatic carbocycles. The summed E-state index contributed by atoms with van der Waals surface area (Å²) in [6.45, 7) is 3.71. The summed E-state index contributed by atoms with van der Waals surface area (Å²) in [5.41, 5.74) is 0.731. The molecule has 7 nitrogen and oxygen atoms in total. The lowest BCUT2D eigenvalue weighted by atomic mass is 9.93. The Hall–Kier alpha value is -1.93. The number of aromatic nitrogens is 2. The number of pyridine rings is 2. The Kier molecular flexibility index (Phi) is 4.83. The summed E-state index contributed by atoms with van der Waals surface area (Å²) in [6.07, 6.45) is 5.82. The van der Waals surface area contributed by atoms with Gasteiger partial charge in [0.1, 0.15) is 5.52 Å². The molecule has 2 aromatic heterocycles. The summed E-state index contributed by atoms with van der Waals surface area (Å²) in [7, 11) is -2.71. The summed E-state index contributed by atoms with van der Waals surface area (Å²) in [5, 5.41) is 11.6. The molecule has 8 heteroatoms. The van der Waals surface area contributed by atoms with Crippen molar-refractivity contribution in [3.8, 4) is 5.88 Å². The van der Waals surface area contributed by atoms with Crippen molar-refractivity contribution in [3.05, 3.63) is 24.5 Å². The molecule has 25 heavy (non-hydrogen) atoms. The largest absolute Gasteiger partial charge is 0.476 e. The molecule has 136 valence electrons. The van der Waals surface area contributed by atoms with Crippen LogP contribution in [0.1, 0.15) is 19.8 Å². The molecular formula is C17H24N4O3S. The van der Waals surface area contributed by atoms with E-state index in [1.807, 2.05) is 19.1 Å². The summed E-state index contributed by atoms with van der Waals surface area (Å²) in [4.78, 5) is 10.8. The zero-order valence-corrected chi connectivity index (χ0v) is 15.4. The SMILES string of the molecule is CCOc1nccc2c(N3CCC(O)(CS(C)(=N)=O)CC3)ccnc12. The minimum atomic E-state index is -2.71. The van der Waals surface area contributed by atoms with Gasteiger partial charge in [0.05, 0.1) is 18.0 Å². The van der Waals surface area contributed by atoms with Gasteiger partial charge in [-0.05, 0) is 31.9 Å². The number of fused-ring (bicyclic) bond motifs is 1. The fourth-order valence-corrected chi connectivity index (χ4v) is 4.69. The lowest BCUT2D eigenvalue weighted by molar-refractivity contribution is 0.0390. The van der Waals surface area contributed by atoms with Crippen molar-refractivity contribution in [3.63, 3.8) is 0 Å². The molecule has 1 fully saturated rings. The summed E-state index contributed by atoms with van der Waals surface area (Å²) in [5.74, 6) is 0.555. The van der Waals surface area contributed by atoms with Crippen molar-refractivity contribution in [2.45, 2.75) is 25.4 Å². The fraction of sp³-hybridized carbons (Fsp3) is 0.529. The van der Waals surface area contributed by atoms with Gasteiger partial charge in [-0.3, -0.25) is 14.0 Å². The Morgan fingerprint density at radius 3 is 2.64 bits per heavy atom. The van der Waals surface area contributed by atoms with Gasteiger partial charge in [-0.2, -0.15) is 0 Å². The van der Waals surface area contributed by atoms with Crippen molar-refractivity contribution in [1.29, 1.82) is 4.78 Å². The van der Waals surface area contributed by atoms with Crippen molar-refractivity contribution in [2.24, 2.45) is 0 Å². The van der Waals surface area contributed by atoms with Gasteiger partial charge in [0.15, 0.2) is 0 Å². The van der Waals surface area contributed by atoms with Crippen LogP contribution in [0.2, 0.25) is 0 Å². The first kappa shape index (κ1) is 17.9. The van der Waals surface area contributed by atoms with Crippen LogP contribution in [0.5, 0.6) is 5.88 Å². The summed E-state index contributed by atoms with van der Waals surface area (Å²) >= 11 is 0. The smallest absolute Gasteiger partial charge is 0.240 e. The van der Waals surface area contributed by atoms with Crippen LogP contribution < -0.4 is 9.64 Å². The van der Waals surface area contributed by atoms with E-state index >= 15 is 0 Å². The van der Waals surface area contributed by atoms with E-state index in [1.165, 1.54) is 6.26 Å². The zero-order chi connectivity index (χ0) is 18.1. The van der Waals surface area contributed by atoms with Crippen LogP contribution in [0.25, 0.3) is 10.9 Å². The predicted molar refractivity (Wildman–Crippen MR) is 98.8 cm³/mol. The van der Waals surface area contributed by atoms with Crippen LogP contribution in [0.4, 0.5) is 5.69 Å². The van der Waals surface area contributed by atoms with Crippen LogP contribution in [-0.4, -0.2) is 56.6 Å². The number of hydrogen-bond acceptors (Lipinski definition) is 7. The van der Waals surface area contributed by atoms with Crippen molar-refractivity contribution in [2.75, 3.05) is 36.6 Å². The quantitative estimate of drug-likeness (QED) is 0.842. The average Bonchev–Trinajstić information content (AvgIpc) is 2.54. The number of aliphatic hydroxyl groups is 1. The second-order valence-electron chi connectivity index (χ2n) is 6.64. The third-order valence-corrected chi connectivity index (χ3v) is 5.55. The first-order valence-electron chi connectivity index (χ1n) is 8.37. The number of rotatable bonds is 5. The Balaban J connectivity index is 1.86. The van der Waals surface area contributed by atoms with E-state index in [-0.39, 0.29) is 5.75 Å². The molecule has 0 aromatic carbocycles. The lowest BCUT2D eigenvalue weighted by Crippen LogP contribution is -2.48. The third kappa shape index (κ3) is 4.01. The molecule has 1 aliphatic heterocycles. The number of piperidine rings is 1. The van der Waals surface area contributed by atoms with E-state index in [4.69, 9.17) is 9.52 Å². The maximum absolute atomic E-state index is 11.7. The standard InChI is InChI=1S/C17H24N4O3S/c1-3-24-16-15-13(4-8-20-16)14(5-9-19-15)21-10-6-17(22,7-11-21)12-25(2,18)23/h4-5,8-9,18,22H,3,6-7,10-12H2,1-2H3. The van der Waals surface area contributed by atoms with Gasteiger partial charge in [0.25, 0.3) is 0 Å². The molecule has 3 heterocycles. The molecule has 3 rings (SSSR count). The third-order valence-electron chi connectivity index (χ3n) is 4.46. The van der Waals surface area contributed by atoms with E-state index in [2.05, 4.69) is 14.9 Å². The summed E-state index contributed by atoms with van der Waals surface area (Å²) < 4.78 is 24.9. The Bertz CT molecular complexity index is 861. The monoisotopic (exact) mass is 364 g/mol. The minimum absolute atomic E-state index is 0.0311. The van der Waals surface area contributed by atoms with Crippen LogP contribution >= 0.6 is 0 Å². The molecule has 1 unspecified atom stereocenters. The highest BCUT2D eigenvalue weighted by Crippen LogP contribution is 2.33. The van der Waals surface area contributed by atoms with Gasteiger partial charge in [0.2, 0.25) is 5.88 Å². The second-order valence-corrected chi connectivity index (χ2v) is 8.93. The molecule has 0 amide bonds. The van der Waals surface area contributed by atoms with Gasteiger partial charge in [-0.1, -0.05) is 0 Å². The topological polar surface area (TPSA) is 99.4 Å². The fourth-order valence-electron chi connectivity index (χ4n) is 3.38. The molecular weight excluding hydrogens is 340 g/mol. The second kappa shape index (κ2) is 6.76. The van der Waals surface area contributed by atoms with Gasteiger partial charge < -0.3 is 14.7 Å². The van der Waals surface area contributed by atoms with Crippen molar-refractivity contribution < 1.29 is 14.1 Å². The summed E-state index contributed by atoms with van der Waals surface area (Å²) in [6, 6.07) is 3.87. The molecule has 2 aromatic rings. The van der Waals surface area contributed by atoms with Crippen LogP contribution in [0.3, 0.4) is 0 Å². The maximum atomic E-state index is 11.7. The van der Waals surface area contributed by atoms with Crippen LogP contribution in [0, 0.1) is 4.78 Å². The van der Waals surface area contributed by atoms with Gasteiger partial charge >= 0.3 is 0 Å². The zero-order valence-electron chi connectivity index (χ0n) is 14.6. The van der Waals surface area contributed by atoms with Gasteiger partial charge in [-0.15, -0.1) is 0 Å². The van der Waals surface area contributed by atoms with Crippen molar-refractivity contribution >= 4 is 26.3 Å². The van der Waals surface area contributed by atoms with E-state index in [9.17, 15) is 9.32 Å². The van der Waals surface area contributed by atoms with Crippen molar-refractivity contribution in [1.82, 2.24) is 9.97 Å². The normalized spacial score (nSPS) is 19.6. The Morgan fingerprint density at radius 2 is 2.00 bits per heavy atom. The first-order chi connectivity index (χ1) is 11.8. The highest BCUT2D eigenvalue weighted by molar-refractivity contribution is 7.91. The Labute approximate surface area is 148 Å². The number of ether oxygens (including phenoxy) is 1. The number of anilines is 1. The molecule has 1 atom stereocenters. The molecule has 1 saturated heterocycles. The number of hydrogen-bond donors (Lipinski definition) is 2. The number of nitrogens with one attached hydrogen (secondary N) is 1. The van der Waals surface area contributed by atoms with E-state index in [0.717, 1.165) is 16.6 Å². The Morgan fingerprint density at radius 1 is 1.32 bits per heavy atom. The van der Waals surface area contributed by atoms with E-state index in [0.29, 0.717) is 38.4 Å². The molecule has 0 saturated carbocycles. The molecule has 0 radical (unpaired) electrons. The maximum Gasteiger partial charge on any atom is 0.240 e. The van der Waals surface area contributed by atoms with Gasteiger partial charge in [0, 0.05) is 52.5 Å². The first-order valence-corrected chi connectivity index (χ1v) is 10.5. The molecule has 0 bridgehead atoms. The van der Waals surface area contributed by atoms with Crippen LogP contribution in [-0.2, 0) is 9.73 Å². The average molecular weight is 364 g/mol. The highest BCUT2D eigenvalue weighted by Gasteiger charge is 2.34. The predicted octanol–water partition coefficient (Wildman–Crippen LogP) is 2.04. The lowest BCUT2D eigenvalue weighted by Gasteiger charge is -2.39. The van der Waals surface area contributed by atoms with Gasteiger partial charge in [-0.25, -0.2) is 4.98 Å². The van der Waals surface area contributed by atoms with E-state index < -0.39 is 15.3 Å². The molecule has 0 spiro atoms. The molecule has 2 N–H and O–H groups in total. The molecule has 1 aliphatic rings. The highest BCUT2D eigenvalue weighted by atomic mass is 32.2. The van der Waals surface area contributed by atoms with E-state index in [1.54, 1.807) is 12.4 Å². The number of nitrogens with zero attached hydrogens (tertiary/aromatic N) is 3. The minimum Gasteiger partial charge on any atom is -0.476 e.